The second-order valence-electron chi connectivity index (χ2n) is 13.5. The van der Waals surface area contributed by atoms with Crippen LogP contribution in [0.15, 0.2) is 42.6 Å². The van der Waals surface area contributed by atoms with Gasteiger partial charge >= 0.3 is 0 Å². The van der Waals surface area contributed by atoms with Crippen molar-refractivity contribution < 1.29 is 23.8 Å². The molecule has 11 nitrogen and oxygen atoms in total. The van der Waals surface area contributed by atoms with E-state index in [0.717, 1.165) is 59.6 Å². The molecular weight excluding hydrogens is 653 g/mol. The molecule has 1 saturated carbocycles. The fraction of sp³-hybridized carbons (Fsp3) is 0.447. The van der Waals surface area contributed by atoms with E-state index in [1.54, 1.807) is 13.3 Å². The van der Waals surface area contributed by atoms with Gasteiger partial charge in [-0.2, -0.15) is 5.10 Å². The molecule has 262 valence electrons. The van der Waals surface area contributed by atoms with Crippen molar-refractivity contribution in [3.8, 4) is 17.0 Å². The van der Waals surface area contributed by atoms with Gasteiger partial charge in [-0.05, 0) is 71.9 Å². The van der Waals surface area contributed by atoms with Crippen LogP contribution < -0.4 is 9.46 Å². The first-order valence-corrected chi connectivity index (χ1v) is 18.5. The molecule has 4 aliphatic rings. The summed E-state index contributed by atoms with van der Waals surface area (Å²) in [7, 11) is 3.60. The number of benzene rings is 2. The summed E-state index contributed by atoms with van der Waals surface area (Å²) in [5, 5.41) is 5.80. The Bertz CT molecular complexity index is 1950. The largest absolute Gasteiger partial charge is 0.497 e. The van der Waals surface area contributed by atoms with Crippen molar-refractivity contribution in [1.82, 2.24) is 28.3 Å². The Balaban J connectivity index is 1.28. The Labute approximate surface area is 296 Å². The van der Waals surface area contributed by atoms with Crippen LogP contribution in [0.1, 0.15) is 75.6 Å². The summed E-state index contributed by atoms with van der Waals surface area (Å²) >= 11 is 1.35. The third-order valence-electron chi connectivity index (χ3n) is 10.6. The maximum Gasteiger partial charge on any atom is 0.262 e. The van der Waals surface area contributed by atoms with Crippen molar-refractivity contribution in [1.29, 1.82) is 0 Å². The number of aryl methyl sites for hydroxylation is 1. The minimum atomic E-state index is -0.127. The zero-order valence-electron chi connectivity index (χ0n) is 28.8. The van der Waals surface area contributed by atoms with Crippen LogP contribution in [0, 0.1) is 0 Å². The number of fused-ring (bicyclic) bond motifs is 5. The van der Waals surface area contributed by atoms with Gasteiger partial charge in [-0.15, -0.1) is 0 Å². The predicted molar refractivity (Wildman–Crippen MR) is 195 cm³/mol. The van der Waals surface area contributed by atoms with E-state index in [4.69, 9.17) is 14.2 Å². The van der Waals surface area contributed by atoms with E-state index in [1.165, 1.54) is 48.0 Å². The molecule has 2 aromatic heterocycles. The van der Waals surface area contributed by atoms with Crippen LogP contribution in [0.4, 0.5) is 0 Å². The fourth-order valence-electron chi connectivity index (χ4n) is 8.04. The van der Waals surface area contributed by atoms with Crippen LogP contribution >= 0.6 is 12.1 Å². The molecule has 8 rings (SSSR count). The quantitative estimate of drug-likeness (QED) is 0.244. The number of rotatable bonds is 7. The summed E-state index contributed by atoms with van der Waals surface area (Å²) in [6.07, 6.45) is 9.84. The first kappa shape index (κ1) is 33.1. The van der Waals surface area contributed by atoms with E-state index in [0.29, 0.717) is 63.1 Å². The number of methoxy groups -OCH3 is 1. The maximum absolute atomic E-state index is 14.0. The van der Waals surface area contributed by atoms with E-state index in [9.17, 15) is 9.59 Å². The van der Waals surface area contributed by atoms with Gasteiger partial charge in [0.2, 0.25) is 0 Å². The minimum absolute atomic E-state index is 0.0374. The molecule has 2 aromatic carbocycles. The van der Waals surface area contributed by atoms with Crippen molar-refractivity contribution in [2.45, 2.75) is 44.6 Å². The van der Waals surface area contributed by atoms with Crippen molar-refractivity contribution in [3.05, 3.63) is 70.5 Å². The third-order valence-corrected chi connectivity index (χ3v) is 11.5. The van der Waals surface area contributed by atoms with Crippen LogP contribution in [0.5, 0.6) is 5.75 Å². The van der Waals surface area contributed by atoms with E-state index >= 15 is 0 Å². The Morgan fingerprint density at radius 1 is 0.940 bits per heavy atom. The highest BCUT2D eigenvalue weighted by Gasteiger charge is 2.32. The Hall–Kier alpha value is -4.10. The van der Waals surface area contributed by atoms with Gasteiger partial charge in [0.15, 0.2) is 0 Å². The molecule has 0 bridgehead atoms. The van der Waals surface area contributed by atoms with Crippen LogP contribution in [-0.2, 0) is 23.1 Å². The topological polar surface area (TPSA) is 103 Å². The van der Waals surface area contributed by atoms with Crippen molar-refractivity contribution in [2.24, 2.45) is 7.05 Å². The Morgan fingerprint density at radius 2 is 1.70 bits per heavy atom. The standard InChI is InChI=1S/C38H44N6O5S/c1-41-35(32(23-39-41)38(46)42-12-16-48-17-13-42)28-20-27-21-29(47-2)9-11-30(27)36-34(25-6-4-3-5-7-25)31-10-8-26(22-33(31)44(36)24-28)37(45)40-50-43-14-18-49-19-15-43/h8-11,20-23,25H,3-7,12-19,24H2,1-2H3,(H,40,45). The number of nitrogens with zero attached hydrogens (tertiary/aromatic N) is 5. The normalized spacial score (nSPS) is 18.7. The van der Waals surface area contributed by atoms with Crippen molar-refractivity contribution >= 4 is 46.5 Å². The van der Waals surface area contributed by atoms with Gasteiger partial charge in [0.05, 0.1) is 63.2 Å². The van der Waals surface area contributed by atoms with Gasteiger partial charge in [-0.1, -0.05) is 25.3 Å². The number of hydrogen-bond donors (Lipinski definition) is 1. The average molecular weight is 697 g/mol. The van der Waals surface area contributed by atoms with Gasteiger partial charge < -0.3 is 23.7 Å². The average Bonchev–Trinajstić information content (AvgIpc) is 3.65. The molecule has 5 heterocycles. The molecule has 0 radical (unpaired) electrons. The van der Waals surface area contributed by atoms with Gasteiger partial charge in [-0.25, -0.2) is 4.31 Å². The lowest BCUT2D eigenvalue weighted by Crippen LogP contribution is -2.40. The number of nitrogens with one attached hydrogen (secondary N) is 1. The lowest BCUT2D eigenvalue weighted by atomic mass is 9.81. The zero-order valence-corrected chi connectivity index (χ0v) is 29.6. The summed E-state index contributed by atoms with van der Waals surface area (Å²) in [5.74, 6) is 1.02. The Morgan fingerprint density at radius 3 is 2.46 bits per heavy atom. The molecule has 4 aromatic rings. The highest BCUT2D eigenvalue weighted by atomic mass is 32.2. The molecule has 0 spiro atoms. The van der Waals surface area contributed by atoms with Crippen molar-refractivity contribution in [2.75, 3.05) is 59.7 Å². The monoisotopic (exact) mass is 696 g/mol. The van der Waals surface area contributed by atoms with Gasteiger partial charge in [0.25, 0.3) is 11.8 Å². The third kappa shape index (κ3) is 6.23. The Kier molecular flexibility index (Phi) is 9.43. The summed E-state index contributed by atoms with van der Waals surface area (Å²) in [6.45, 7) is 5.53. The maximum atomic E-state index is 14.0. The molecule has 0 atom stereocenters. The fourth-order valence-corrected chi connectivity index (χ4v) is 8.70. The number of amides is 2. The lowest BCUT2D eigenvalue weighted by molar-refractivity contribution is 0.0302. The van der Waals surface area contributed by atoms with E-state index in [2.05, 4.69) is 49.0 Å². The second kappa shape index (κ2) is 14.3. The summed E-state index contributed by atoms with van der Waals surface area (Å²) < 4.78 is 26.1. The summed E-state index contributed by atoms with van der Waals surface area (Å²) in [5.41, 5.74) is 8.66. The second-order valence-corrected chi connectivity index (χ2v) is 14.4. The molecule has 2 amide bonds. The number of aromatic nitrogens is 3. The van der Waals surface area contributed by atoms with Gasteiger partial charge in [0.1, 0.15) is 5.75 Å². The molecule has 3 aliphatic heterocycles. The first-order chi connectivity index (χ1) is 24.5. The minimum Gasteiger partial charge on any atom is -0.497 e. The molecule has 1 aliphatic carbocycles. The molecule has 1 N–H and O–H groups in total. The number of morpholine rings is 2. The smallest absolute Gasteiger partial charge is 0.262 e. The number of hydrogen-bond acceptors (Lipinski definition) is 8. The highest BCUT2D eigenvalue weighted by Crippen LogP contribution is 2.48. The number of carbonyl (C=O) groups is 2. The molecule has 12 heteroatoms. The number of ether oxygens (including phenoxy) is 3. The van der Waals surface area contributed by atoms with Gasteiger partial charge in [0, 0.05) is 67.4 Å². The molecule has 50 heavy (non-hydrogen) atoms. The highest BCUT2D eigenvalue weighted by molar-refractivity contribution is 7.95. The molecule has 2 saturated heterocycles. The van der Waals surface area contributed by atoms with E-state index in [1.807, 2.05) is 28.8 Å². The van der Waals surface area contributed by atoms with Gasteiger partial charge in [-0.3, -0.25) is 19.0 Å². The number of carbonyl (C=O) groups excluding carboxylic acids is 2. The SMILES string of the molecule is COc1ccc2c(c1)C=C(c1c(C(=O)N3CCOCC3)cnn1C)Cn1c-2c(C2CCCCC2)c2ccc(C(=O)NSN3CCOCC3)cc21. The van der Waals surface area contributed by atoms with Crippen LogP contribution in [0.25, 0.3) is 33.8 Å². The predicted octanol–water partition coefficient (Wildman–Crippen LogP) is 5.75. The molecule has 0 unspecified atom stereocenters. The first-order valence-electron chi connectivity index (χ1n) is 17.7. The van der Waals surface area contributed by atoms with Crippen LogP contribution in [-0.4, -0.2) is 95.1 Å². The molecule has 3 fully saturated rings. The van der Waals surface area contributed by atoms with Crippen LogP contribution in [0.2, 0.25) is 0 Å². The summed E-state index contributed by atoms with van der Waals surface area (Å²) in [4.78, 5) is 29.5. The zero-order chi connectivity index (χ0) is 34.2. The van der Waals surface area contributed by atoms with Crippen molar-refractivity contribution in [3.63, 3.8) is 0 Å². The molecular formula is C38H44N6O5S. The lowest BCUT2D eigenvalue weighted by Gasteiger charge is -2.27. The van der Waals surface area contributed by atoms with Crippen LogP contribution in [0.3, 0.4) is 0 Å². The summed E-state index contributed by atoms with van der Waals surface area (Å²) in [6, 6.07) is 12.5. The number of allylic oxidation sites excluding steroid dienone is 1. The van der Waals surface area contributed by atoms with E-state index < -0.39 is 0 Å². The van der Waals surface area contributed by atoms with E-state index in [-0.39, 0.29) is 11.8 Å².